The minimum atomic E-state index is 0.191. The van der Waals surface area contributed by atoms with Gasteiger partial charge in [0.2, 0.25) is 0 Å². The van der Waals surface area contributed by atoms with Crippen LogP contribution in [0.25, 0.3) is 0 Å². The van der Waals surface area contributed by atoms with Crippen molar-refractivity contribution < 1.29 is 10.2 Å². The minimum absolute atomic E-state index is 0.191. The van der Waals surface area contributed by atoms with Gasteiger partial charge < -0.3 is 15.5 Å². The van der Waals surface area contributed by atoms with E-state index in [4.69, 9.17) is 10.2 Å². The second kappa shape index (κ2) is 3.91. The zero-order valence-corrected chi connectivity index (χ0v) is 6.08. The first-order chi connectivity index (χ1) is 4.86. The second-order valence-electron chi connectivity index (χ2n) is 2.86. The first kappa shape index (κ1) is 7.98. The van der Waals surface area contributed by atoms with Gasteiger partial charge in [-0.2, -0.15) is 0 Å². The van der Waals surface area contributed by atoms with Crippen LogP contribution in [-0.2, 0) is 0 Å². The molecule has 1 aliphatic rings. The number of nitrogens with one attached hydrogen (secondary N) is 1. The highest BCUT2D eigenvalue weighted by atomic mass is 16.3. The zero-order valence-electron chi connectivity index (χ0n) is 6.08. The number of hydrogen-bond acceptors (Lipinski definition) is 3. The van der Waals surface area contributed by atoms with Gasteiger partial charge in [0.15, 0.2) is 0 Å². The summed E-state index contributed by atoms with van der Waals surface area (Å²) in [5, 5.41) is 20.7. The molecule has 0 aromatic rings. The van der Waals surface area contributed by atoms with E-state index < -0.39 is 0 Å². The summed E-state index contributed by atoms with van der Waals surface area (Å²) in [5.74, 6) is 0. The quantitative estimate of drug-likeness (QED) is 0.490. The van der Waals surface area contributed by atoms with Crippen molar-refractivity contribution in [1.82, 2.24) is 5.32 Å². The van der Waals surface area contributed by atoms with Gasteiger partial charge in [-0.3, -0.25) is 0 Å². The average molecular weight is 145 g/mol. The molecule has 3 N–H and O–H groups in total. The third-order valence-corrected chi connectivity index (χ3v) is 2.02. The van der Waals surface area contributed by atoms with Gasteiger partial charge in [0, 0.05) is 12.1 Å². The molecule has 1 saturated heterocycles. The largest absolute Gasteiger partial charge is 0.395 e. The fraction of sp³-hybridized carbons (Fsp3) is 1.00. The molecule has 10 heavy (non-hydrogen) atoms. The van der Waals surface area contributed by atoms with E-state index in [1.807, 2.05) is 0 Å². The highest BCUT2D eigenvalue weighted by molar-refractivity contribution is 4.78. The molecule has 0 aromatic carbocycles. The van der Waals surface area contributed by atoms with Crippen LogP contribution in [-0.4, -0.2) is 35.5 Å². The molecule has 3 heteroatoms. The zero-order chi connectivity index (χ0) is 7.40. The lowest BCUT2D eigenvalue weighted by molar-refractivity contribution is 0.158. The molecule has 3 nitrogen and oxygen atoms in total. The minimum Gasteiger partial charge on any atom is -0.395 e. The lowest BCUT2D eigenvalue weighted by Gasteiger charge is -2.28. The fourth-order valence-electron chi connectivity index (χ4n) is 1.40. The summed E-state index contributed by atoms with van der Waals surface area (Å²) < 4.78 is 0. The maximum absolute atomic E-state index is 8.76. The van der Waals surface area contributed by atoms with Crippen LogP contribution >= 0.6 is 0 Å². The maximum atomic E-state index is 8.76. The van der Waals surface area contributed by atoms with E-state index in [0.29, 0.717) is 0 Å². The van der Waals surface area contributed by atoms with Gasteiger partial charge in [-0.15, -0.1) is 0 Å². The summed E-state index contributed by atoms with van der Waals surface area (Å²) in [6.07, 6.45) is 3.18. The van der Waals surface area contributed by atoms with Crippen LogP contribution in [0.1, 0.15) is 19.3 Å². The predicted molar refractivity (Wildman–Crippen MR) is 38.7 cm³/mol. The van der Waals surface area contributed by atoms with Gasteiger partial charge in [0.1, 0.15) is 0 Å². The topological polar surface area (TPSA) is 52.5 Å². The van der Waals surface area contributed by atoms with Crippen LogP contribution in [0.3, 0.4) is 0 Å². The second-order valence-corrected chi connectivity index (χ2v) is 2.86. The van der Waals surface area contributed by atoms with Crippen molar-refractivity contribution in [1.29, 1.82) is 0 Å². The summed E-state index contributed by atoms with van der Waals surface area (Å²) in [5.41, 5.74) is 0. The molecule has 0 amide bonds. The summed E-state index contributed by atoms with van der Waals surface area (Å²) in [6, 6.07) is 0.428. The first-order valence-corrected chi connectivity index (χ1v) is 3.84. The van der Waals surface area contributed by atoms with Crippen molar-refractivity contribution in [2.75, 3.05) is 13.2 Å². The highest BCUT2D eigenvalue weighted by Gasteiger charge is 2.18. The molecule has 2 atom stereocenters. The van der Waals surface area contributed by atoms with Crippen LogP contribution in [0.15, 0.2) is 0 Å². The first-order valence-electron chi connectivity index (χ1n) is 3.84. The molecule has 1 fully saturated rings. The van der Waals surface area contributed by atoms with Crippen LogP contribution in [0, 0.1) is 0 Å². The lowest BCUT2D eigenvalue weighted by atomic mass is 10.00. The van der Waals surface area contributed by atoms with Crippen LogP contribution in [0.5, 0.6) is 0 Å². The Bertz CT molecular complexity index is 87.6. The molecule has 0 radical (unpaired) electrons. The molecular weight excluding hydrogens is 130 g/mol. The molecule has 0 aromatic heterocycles. The molecule has 1 aliphatic heterocycles. The summed E-state index contributed by atoms with van der Waals surface area (Å²) >= 11 is 0. The van der Waals surface area contributed by atoms with E-state index in [2.05, 4.69) is 5.32 Å². The Kier molecular flexibility index (Phi) is 3.12. The van der Waals surface area contributed by atoms with Gasteiger partial charge in [0.25, 0.3) is 0 Å². The molecule has 0 unspecified atom stereocenters. The molecule has 0 spiro atoms. The van der Waals surface area contributed by atoms with Crippen LogP contribution < -0.4 is 5.32 Å². The van der Waals surface area contributed by atoms with Crippen molar-refractivity contribution in [2.24, 2.45) is 0 Å². The summed E-state index contributed by atoms with van der Waals surface area (Å²) in [4.78, 5) is 0. The predicted octanol–water partition coefficient (Wildman–Crippen LogP) is -0.518. The van der Waals surface area contributed by atoms with E-state index in [0.717, 1.165) is 19.3 Å². The molecule has 0 bridgehead atoms. The van der Waals surface area contributed by atoms with Crippen LogP contribution in [0.4, 0.5) is 0 Å². The molecule has 0 aliphatic carbocycles. The van der Waals surface area contributed by atoms with Crippen molar-refractivity contribution in [3.63, 3.8) is 0 Å². The monoisotopic (exact) mass is 145 g/mol. The Hall–Kier alpha value is -0.120. The Labute approximate surface area is 61.1 Å². The SMILES string of the molecule is OC[C@@H]1CCC[C@H](CO)N1. The highest BCUT2D eigenvalue weighted by Crippen LogP contribution is 2.11. The van der Waals surface area contributed by atoms with Crippen molar-refractivity contribution >= 4 is 0 Å². The Morgan fingerprint density at radius 2 is 1.60 bits per heavy atom. The Balaban J connectivity index is 2.25. The van der Waals surface area contributed by atoms with Crippen LogP contribution in [0.2, 0.25) is 0 Å². The Morgan fingerprint density at radius 3 is 2.00 bits per heavy atom. The smallest absolute Gasteiger partial charge is 0.0584 e. The van der Waals surface area contributed by atoms with Gasteiger partial charge in [-0.1, -0.05) is 6.42 Å². The molecule has 60 valence electrons. The molecule has 1 rings (SSSR count). The normalized spacial score (nSPS) is 34.2. The summed E-state index contributed by atoms with van der Waals surface area (Å²) in [7, 11) is 0. The van der Waals surface area contributed by atoms with Gasteiger partial charge in [-0.25, -0.2) is 0 Å². The average Bonchev–Trinajstić information content (AvgIpc) is 2.05. The third kappa shape index (κ3) is 1.94. The van der Waals surface area contributed by atoms with Crippen molar-refractivity contribution in [2.45, 2.75) is 31.3 Å². The van der Waals surface area contributed by atoms with Gasteiger partial charge in [0.05, 0.1) is 13.2 Å². The standard InChI is InChI=1S/C7H15NO2/c9-4-6-2-1-3-7(5-10)8-6/h6-10H,1-5H2/t6-,7+. The maximum Gasteiger partial charge on any atom is 0.0584 e. The number of rotatable bonds is 2. The molecule has 1 heterocycles. The van der Waals surface area contributed by atoms with E-state index in [-0.39, 0.29) is 25.3 Å². The van der Waals surface area contributed by atoms with Crippen molar-refractivity contribution in [3.05, 3.63) is 0 Å². The van der Waals surface area contributed by atoms with E-state index in [1.54, 1.807) is 0 Å². The van der Waals surface area contributed by atoms with Gasteiger partial charge in [-0.05, 0) is 12.8 Å². The fourth-order valence-corrected chi connectivity index (χ4v) is 1.40. The molecule has 0 saturated carbocycles. The number of piperidine rings is 1. The molecular formula is C7H15NO2. The summed E-state index contributed by atoms with van der Waals surface area (Å²) in [6.45, 7) is 0.382. The Morgan fingerprint density at radius 1 is 1.10 bits per heavy atom. The van der Waals surface area contributed by atoms with Gasteiger partial charge >= 0.3 is 0 Å². The lowest BCUT2D eigenvalue weighted by Crippen LogP contribution is -2.45. The number of aliphatic hydroxyl groups is 2. The third-order valence-electron chi connectivity index (χ3n) is 2.02. The van der Waals surface area contributed by atoms with Crippen molar-refractivity contribution in [3.8, 4) is 0 Å². The van der Waals surface area contributed by atoms with E-state index in [9.17, 15) is 0 Å². The number of aliphatic hydroxyl groups excluding tert-OH is 2. The van der Waals surface area contributed by atoms with E-state index >= 15 is 0 Å². The van der Waals surface area contributed by atoms with E-state index in [1.165, 1.54) is 0 Å². The number of hydrogen-bond donors (Lipinski definition) is 3.